The summed E-state index contributed by atoms with van der Waals surface area (Å²) in [5.74, 6) is 0.909. The topological polar surface area (TPSA) is 47.2 Å². The number of nitrogens with one attached hydrogen (secondary N) is 1. The molecule has 3 aromatic carbocycles. The smallest absolute Gasteiger partial charge is 0.220 e. The first-order valence-electron chi connectivity index (χ1n) is 12.2. The summed E-state index contributed by atoms with van der Waals surface area (Å²) in [5, 5.41) is 4.26. The van der Waals surface area contributed by atoms with Crippen molar-refractivity contribution < 1.29 is 9.21 Å². The van der Waals surface area contributed by atoms with Gasteiger partial charge >= 0.3 is 0 Å². The van der Waals surface area contributed by atoms with Crippen LogP contribution in [0.5, 0.6) is 0 Å². The van der Waals surface area contributed by atoms with Crippen molar-refractivity contribution in [1.82, 2.24) is 9.88 Å². The van der Waals surface area contributed by atoms with Crippen molar-refractivity contribution in [3.8, 4) is 0 Å². The average molecular weight is 463 g/mol. The maximum Gasteiger partial charge on any atom is 0.220 e. The first kappa shape index (κ1) is 22.7. The van der Waals surface area contributed by atoms with Crippen LogP contribution in [0.1, 0.15) is 41.2 Å². The van der Waals surface area contributed by atoms with Crippen molar-refractivity contribution in [2.75, 3.05) is 0 Å². The third-order valence-corrected chi connectivity index (χ3v) is 6.55. The molecule has 2 heterocycles. The summed E-state index contributed by atoms with van der Waals surface area (Å²) >= 11 is 0. The number of rotatable bonds is 10. The van der Waals surface area contributed by atoms with Gasteiger partial charge in [-0.1, -0.05) is 78.9 Å². The van der Waals surface area contributed by atoms with E-state index in [1.807, 2.05) is 24.3 Å². The SMILES string of the molecule is O=C(C[C@@H](CCc1ccccc1)c1cn(Cc2ccccc2)c2ccccc12)NCc1ccco1. The predicted octanol–water partition coefficient (Wildman–Crippen LogP) is 6.71. The average Bonchev–Trinajstić information content (AvgIpc) is 3.55. The zero-order chi connectivity index (χ0) is 23.9. The summed E-state index contributed by atoms with van der Waals surface area (Å²) in [7, 11) is 0. The largest absolute Gasteiger partial charge is 0.467 e. The summed E-state index contributed by atoms with van der Waals surface area (Å²) in [6.07, 6.45) is 6.15. The monoisotopic (exact) mass is 462 g/mol. The van der Waals surface area contributed by atoms with Crippen LogP contribution in [0.25, 0.3) is 10.9 Å². The van der Waals surface area contributed by atoms with Gasteiger partial charge in [-0.2, -0.15) is 0 Å². The Bertz CT molecular complexity index is 1360. The summed E-state index contributed by atoms with van der Waals surface area (Å²) in [6, 6.07) is 33.3. The van der Waals surface area contributed by atoms with Crippen molar-refractivity contribution in [2.24, 2.45) is 0 Å². The van der Waals surface area contributed by atoms with Crippen LogP contribution in [-0.4, -0.2) is 10.5 Å². The molecule has 4 heteroatoms. The van der Waals surface area contributed by atoms with Gasteiger partial charge in [0.05, 0.1) is 12.8 Å². The van der Waals surface area contributed by atoms with Crippen molar-refractivity contribution in [3.05, 3.63) is 132 Å². The molecule has 1 amide bonds. The van der Waals surface area contributed by atoms with E-state index in [4.69, 9.17) is 4.42 Å². The van der Waals surface area contributed by atoms with Gasteiger partial charge in [0.2, 0.25) is 5.91 Å². The van der Waals surface area contributed by atoms with E-state index < -0.39 is 0 Å². The van der Waals surface area contributed by atoms with E-state index in [2.05, 4.69) is 88.9 Å². The molecule has 0 bridgehead atoms. The Balaban J connectivity index is 1.42. The highest BCUT2D eigenvalue weighted by Gasteiger charge is 2.21. The van der Waals surface area contributed by atoms with Crippen LogP contribution in [-0.2, 0) is 24.3 Å². The third kappa shape index (κ3) is 5.72. The second-order valence-corrected chi connectivity index (χ2v) is 9.00. The molecular weight excluding hydrogens is 432 g/mol. The van der Waals surface area contributed by atoms with Crippen LogP contribution in [0.15, 0.2) is 114 Å². The Morgan fingerprint density at radius 3 is 2.29 bits per heavy atom. The molecular formula is C31H30N2O2. The molecule has 0 fully saturated rings. The van der Waals surface area contributed by atoms with Crippen molar-refractivity contribution in [1.29, 1.82) is 0 Å². The van der Waals surface area contributed by atoms with Crippen molar-refractivity contribution >= 4 is 16.8 Å². The van der Waals surface area contributed by atoms with Crippen LogP contribution in [0.3, 0.4) is 0 Å². The number of para-hydroxylation sites is 1. The van der Waals surface area contributed by atoms with E-state index in [9.17, 15) is 4.79 Å². The molecule has 5 rings (SSSR count). The Morgan fingerprint density at radius 1 is 0.829 bits per heavy atom. The van der Waals surface area contributed by atoms with Gasteiger partial charge in [0.25, 0.3) is 0 Å². The number of furan rings is 1. The van der Waals surface area contributed by atoms with Gasteiger partial charge in [-0.15, -0.1) is 0 Å². The summed E-state index contributed by atoms with van der Waals surface area (Å²) < 4.78 is 7.69. The molecule has 2 aromatic heterocycles. The van der Waals surface area contributed by atoms with Gasteiger partial charge < -0.3 is 14.3 Å². The molecule has 0 unspecified atom stereocenters. The Morgan fingerprint density at radius 2 is 1.54 bits per heavy atom. The minimum atomic E-state index is 0.0411. The minimum absolute atomic E-state index is 0.0411. The zero-order valence-electron chi connectivity index (χ0n) is 19.8. The lowest BCUT2D eigenvalue weighted by molar-refractivity contribution is -0.121. The molecule has 0 aliphatic carbocycles. The normalized spacial score (nSPS) is 12.0. The van der Waals surface area contributed by atoms with E-state index >= 15 is 0 Å². The van der Waals surface area contributed by atoms with E-state index in [1.165, 1.54) is 27.6 Å². The highest BCUT2D eigenvalue weighted by Crippen LogP contribution is 2.33. The van der Waals surface area contributed by atoms with Crippen LogP contribution in [0.4, 0.5) is 0 Å². The number of aromatic nitrogens is 1. The molecule has 4 nitrogen and oxygen atoms in total. The quantitative estimate of drug-likeness (QED) is 0.251. The number of nitrogens with zero attached hydrogens (tertiary/aromatic N) is 1. The minimum Gasteiger partial charge on any atom is -0.467 e. The lowest BCUT2D eigenvalue weighted by Gasteiger charge is -2.17. The van der Waals surface area contributed by atoms with Crippen LogP contribution in [0.2, 0.25) is 0 Å². The van der Waals surface area contributed by atoms with Gasteiger partial charge in [0.15, 0.2) is 0 Å². The number of carbonyl (C=O) groups excluding carboxylic acids is 1. The van der Waals surface area contributed by atoms with E-state index in [1.54, 1.807) is 6.26 Å². The van der Waals surface area contributed by atoms with E-state index in [-0.39, 0.29) is 11.8 Å². The Kier molecular flexibility index (Phi) is 7.09. The second kappa shape index (κ2) is 10.9. The highest BCUT2D eigenvalue weighted by atomic mass is 16.3. The van der Waals surface area contributed by atoms with Gasteiger partial charge in [-0.25, -0.2) is 0 Å². The standard InChI is InChI=1S/C31H30N2O2/c34-31(32-21-27-14-9-19-35-27)20-26(18-17-24-10-3-1-4-11-24)29-23-33(22-25-12-5-2-6-13-25)30-16-8-7-15-28(29)30/h1-16,19,23,26H,17-18,20-22H2,(H,32,34)/t26-/m1/s1. The summed E-state index contributed by atoms with van der Waals surface area (Å²) in [4.78, 5) is 13.0. The van der Waals surface area contributed by atoms with Crippen molar-refractivity contribution in [2.45, 2.75) is 38.3 Å². The van der Waals surface area contributed by atoms with Crippen LogP contribution in [0, 0.1) is 0 Å². The van der Waals surface area contributed by atoms with E-state index in [0.29, 0.717) is 13.0 Å². The molecule has 0 saturated carbocycles. The number of hydrogen-bond acceptors (Lipinski definition) is 2. The molecule has 176 valence electrons. The van der Waals surface area contributed by atoms with Gasteiger partial charge in [-0.05, 0) is 53.6 Å². The molecule has 5 aromatic rings. The van der Waals surface area contributed by atoms with Gasteiger partial charge in [0, 0.05) is 30.1 Å². The third-order valence-electron chi connectivity index (χ3n) is 6.55. The number of amides is 1. The highest BCUT2D eigenvalue weighted by molar-refractivity contribution is 5.86. The van der Waals surface area contributed by atoms with Gasteiger partial charge in [0.1, 0.15) is 5.76 Å². The lowest BCUT2D eigenvalue weighted by Crippen LogP contribution is -2.24. The maximum atomic E-state index is 13.0. The number of fused-ring (bicyclic) bond motifs is 1. The fraction of sp³-hybridized carbons (Fsp3) is 0.194. The van der Waals surface area contributed by atoms with Crippen LogP contribution >= 0.6 is 0 Å². The first-order valence-corrected chi connectivity index (χ1v) is 12.2. The molecule has 35 heavy (non-hydrogen) atoms. The van der Waals surface area contributed by atoms with Crippen molar-refractivity contribution in [3.63, 3.8) is 0 Å². The fourth-order valence-electron chi connectivity index (χ4n) is 4.76. The number of hydrogen-bond donors (Lipinski definition) is 1. The molecule has 1 atom stereocenters. The second-order valence-electron chi connectivity index (χ2n) is 9.00. The molecule has 0 saturated heterocycles. The molecule has 1 N–H and O–H groups in total. The Hall–Kier alpha value is -4.05. The summed E-state index contributed by atoms with van der Waals surface area (Å²) in [6.45, 7) is 1.21. The summed E-state index contributed by atoms with van der Waals surface area (Å²) in [5.41, 5.74) is 4.99. The molecule has 0 radical (unpaired) electrons. The lowest BCUT2D eigenvalue weighted by atomic mass is 9.89. The van der Waals surface area contributed by atoms with Crippen LogP contribution < -0.4 is 5.32 Å². The fourth-order valence-corrected chi connectivity index (χ4v) is 4.76. The Labute approximate surface area is 206 Å². The predicted molar refractivity (Wildman–Crippen MR) is 140 cm³/mol. The van der Waals surface area contributed by atoms with Gasteiger partial charge in [-0.3, -0.25) is 4.79 Å². The number of benzene rings is 3. The molecule has 0 aliphatic heterocycles. The number of carbonyl (C=O) groups is 1. The zero-order valence-corrected chi connectivity index (χ0v) is 19.8. The molecule has 0 aliphatic rings. The number of aryl methyl sites for hydroxylation is 1. The first-order chi connectivity index (χ1) is 17.3. The van der Waals surface area contributed by atoms with E-state index in [0.717, 1.165) is 25.1 Å². The maximum absolute atomic E-state index is 13.0. The molecule has 0 spiro atoms.